The number of aliphatic hydroxyl groups is 1. The number of rotatable bonds is 7. The third-order valence-electron chi connectivity index (χ3n) is 3.05. The summed E-state index contributed by atoms with van der Waals surface area (Å²) in [4.78, 5) is 24.5. The summed E-state index contributed by atoms with van der Waals surface area (Å²) in [6.07, 6.45) is -1.62. The summed E-state index contributed by atoms with van der Waals surface area (Å²) < 4.78 is 12.5. The van der Waals surface area contributed by atoms with Gasteiger partial charge in [0.25, 0.3) is 5.91 Å². The van der Waals surface area contributed by atoms with E-state index in [4.69, 9.17) is 5.11 Å². The lowest BCUT2D eigenvalue weighted by molar-refractivity contribution is -0.146. The lowest BCUT2D eigenvalue weighted by Gasteiger charge is -2.26. The quantitative estimate of drug-likeness (QED) is 0.787. The van der Waals surface area contributed by atoms with E-state index in [0.717, 1.165) is 0 Å². The Morgan fingerprint density at radius 2 is 1.90 bits per heavy atom. The minimum Gasteiger partial charge on any atom is -0.481 e. The smallest absolute Gasteiger partial charge is 0.311 e. The molecule has 0 saturated carbocycles. The molecule has 0 bridgehead atoms. The van der Waals surface area contributed by atoms with Gasteiger partial charge in [-0.25, -0.2) is 4.39 Å². The van der Waals surface area contributed by atoms with E-state index in [1.807, 2.05) is 0 Å². The van der Waals surface area contributed by atoms with Crippen LogP contribution in [0.25, 0.3) is 0 Å². The van der Waals surface area contributed by atoms with Gasteiger partial charge in [-0.05, 0) is 19.1 Å². The number of benzene rings is 1. The summed E-state index contributed by atoms with van der Waals surface area (Å²) >= 11 is 0. The molecule has 110 valence electrons. The summed E-state index contributed by atoms with van der Waals surface area (Å²) in [5.74, 6) is -3.01. The van der Waals surface area contributed by atoms with Crippen LogP contribution < -0.4 is 0 Å². The van der Waals surface area contributed by atoms with Crippen LogP contribution in [0.3, 0.4) is 0 Å². The molecule has 1 aromatic carbocycles. The van der Waals surface area contributed by atoms with E-state index in [9.17, 15) is 19.1 Å². The molecule has 2 atom stereocenters. The van der Waals surface area contributed by atoms with E-state index in [1.165, 1.54) is 4.90 Å². The van der Waals surface area contributed by atoms with Gasteiger partial charge >= 0.3 is 5.97 Å². The molecular formula is C14H18FNO4. The fraction of sp³-hybridized carbons (Fsp3) is 0.429. The molecular weight excluding hydrogens is 265 g/mol. The highest BCUT2D eigenvalue weighted by Crippen LogP contribution is 2.12. The molecule has 0 spiro atoms. The number of carboxylic acid groups (broad SMARTS) is 1. The summed E-state index contributed by atoms with van der Waals surface area (Å²) in [6, 6.07) is 8.40. The van der Waals surface area contributed by atoms with E-state index in [-0.39, 0.29) is 19.0 Å². The van der Waals surface area contributed by atoms with Crippen molar-refractivity contribution in [3.63, 3.8) is 0 Å². The van der Waals surface area contributed by atoms with Crippen molar-refractivity contribution < 1.29 is 24.2 Å². The van der Waals surface area contributed by atoms with E-state index in [0.29, 0.717) is 5.56 Å². The summed E-state index contributed by atoms with van der Waals surface area (Å²) in [5.41, 5.74) is 0.424. The second-order valence-corrected chi connectivity index (χ2v) is 4.38. The van der Waals surface area contributed by atoms with Crippen LogP contribution in [0.5, 0.6) is 0 Å². The molecule has 0 fully saturated rings. The van der Waals surface area contributed by atoms with Crippen LogP contribution in [0.4, 0.5) is 4.39 Å². The Morgan fingerprint density at radius 3 is 2.35 bits per heavy atom. The number of carbonyl (C=O) groups excluding carboxylic acids is 1. The topological polar surface area (TPSA) is 77.8 Å². The number of hydrogen-bond donors (Lipinski definition) is 2. The third kappa shape index (κ3) is 4.03. The van der Waals surface area contributed by atoms with Crippen LogP contribution in [0.2, 0.25) is 0 Å². The highest BCUT2D eigenvalue weighted by atomic mass is 19.1. The van der Waals surface area contributed by atoms with Crippen molar-refractivity contribution in [2.24, 2.45) is 5.92 Å². The van der Waals surface area contributed by atoms with Crippen molar-refractivity contribution in [1.82, 2.24) is 4.90 Å². The summed E-state index contributed by atoms with van der Waals surface area (Å²) in [5, 5.41) is 18.4. The zero-order valence-corrected chi connectivity index (χ0v) is 11.2. The number of halogens is 1. The van der Waals surface area contributed by atoms with Gasteiger partial charge in [0.15, 0.2) is 0 Å². The number of carboxylic acids is 1. The van der Waals surface area contributed by atoms with Crippen LogP contribution in [0.1, 0.15) is 17.3 Å². The molecule has 0 aliphatic heterocycles. The highest BCUT2D eigenvalue weighted by Gasteiger charge is 2.30. The Morgan fingerprint density at radius 1 is 1.30 bits per heavy atom. The maximum atomic E-state index is 12.5. The zero-order chi connectivity index (χ0) is 15.1. The molecule has 0 unspecified atom stereocenters. The van der Waals surface area contributed by atoms with Gasteiger partial charge in [0, 0.05) is 18.7 Å². The Balaban J connectivity index is 2.85. The molecule has 2 N–H and O–H groups in total. The molecule has 0 aliphatic carbocycles. The lowest BCUT2D eigenvalue weighted by atomic mass is 10.0. The first-order valence-electron chi connectivity index (χ1n) is 6.32. The Hall–Kier alpha value is -1.95. The van der Waals surface area contributed by atoms with Gasteiger partial charge in [-0.2, -0.15) is 0 Å². The number of hydrogen-bond acceptors (Lipinski definition) is 3. The van der Waals surface area contributed by atoms with Gasteiger partial charge in [-0.15, -0.1) is 0 Å². The van der Waals surface area contributed by atoms with Crippen LogP contribution in [0, 0.1) is 5.92 Å². The number of nitrogens with zero attached hydrogens (tertiary/aromatic N) is 1. The molecule has 0 aromatic heterocycles. The largest absolute Gasteiger partial charge is 0.481 e. The average Bonchev–Trinajstić information content (AvgIpc) is 2.47. The maximum Gasteiger partial charge on any atom is 0.311 e. The molecule has 0 radical (unpaired) electrons. The minimum atomic E-state index is -1.62. The average molecular weight is 283 g/mol. The number of aliphatic carboxylic acids is 1. The number of alkyl halides is 1. The van der Waals surface area contributed by atoms with Crippen LogP contribution in [0.15, 0.2) is 30.3 Å². The van der Waals surface area contributed by atoms with E-state index in [1.54, 1.807) is 37.3 Å². The van der Waals surface area contributed by atoms with Gasteiger partial charge in [0.05, 0.1) is 6.10 Å². The predicted molar refractivity (Wildman–Crippen MR) is 71.1 cm³/mol. The van der Waals surface area contributed by atoms with E-state index < -0.39 is 24.7 Å². The molecule has 1 amide bonds. The van der Waals surface area contributed by atoms with Crippen molar-refractivity contribution in [1.29, 1.82) is 0 Å². The zero-order valence-electron chi connectivity index (χ0n) is 11.2. The summed E-state index contributed by atoms with van der Waals surface area (Å²) in [6.45, 7) is 0.580. The Kier molecular flexibility index (Phi) is 6.11. The first-order chi connectivity index (χ1) is 9.51. The van der Waals surface area contributed by atoms with Crippen molar-refractivity contribution >= 4 is 11.9 Å². The molecule has 0 aliphatic rings. The van der Waals surface area contributed by atoms with Gasteiger partial charge < -0.3 is 15.1 Å². The van der Waals surface area contributed by atoms with E-state index >= 15 is 0 Å². The maximum absolute atomic E-state index is 12.5. The van der Waals surface area contributed by atoms with Gasteiger partial charge in [0.1, 0.15) is 12.6 Å². The standard InChI is InChI=1S/C14H18FNO4/c1-2-16(9-11(14(19)20)12(17)8-15)13(18)10-6-4-3-5-7-10/h3-7,11-12,17H,2,8-9H2,1H3,(H,19,20)/t11-,12+/m0/s1. The van der Waals surface area contributed by atoms with Crippen LogP contribution in [-0.2, 0) is 4.79 Å². The molecule has 6 heteroatoms. The van der Waals surface area contributed by atoms with Crippen molar-refractivity contribution in [2.45, 2.75) is 13.0 Å². The number of carbonyl (C=O) groups is 2. The fourth-order valence-corrected chi connectivity index (χ4v) is 1.83. The first kappa shape index (κ1) is 16.1. The molecule has 0 saturated heterocycles. The Bertz CT molecular complexity index is 452. The first-order valence-corrected chi connectivity index (χ1v) is 6.32. The predicted octanol–water partition coefficient (Wildman–Crippen LogP) is 1.18. The van der Waals surface area contributed by atoms with E-state index in [2.05, 4.69) is 0 Å². The summed E-state index contributed by atoms with van der Waals surface area (Å²) in [7, 11) is 0. The third-order valence-corrected chi connectivity index (χ3v) is 3.05. The minimum absolute atomic E-state index is 0.232. The highest BCUT2D eigenvalue weighted by molar-refractivity contribution is 5.94. The van der Waals surface area contributed by atoms with Gasteiger partial charge in [0.2, 0.25) is 0 Å². The molecule has 1 rings (SSSR count). The molecule has 5 nitrogen and oxygen atoms in total. The monoisotopic (exact) mass is 283 g/mol. The van der Waals surface area contributed by atoms with Crippen molar-refractivity contribution in [3.05, 3.63) is 35.9 Å². The fourth-order valence-electron chi connectivity index (χ4n) is 1.83. The number of aliphatic hydroxyl groups excluding tert-OH is 1. The molecule has 20 heavy (non-hydrogen) atoms. The second-order valence-electron chi connectivity index (χ2n) is 4.38. The Labute approximate surface area is 116 Å². The van der Waals surface area contributed by atoms with Gasteiger partial charge in [-0.3, -0.25) is 9.59 Å². The molecule has 0 heterocycles. The van der Waals surface area contributed by atoms with Crippen LogP contribution in [-0.4, -0.2) is 52.9 Å². The number of amides is 1. The van der Waals surface area contributed by atoms with Gasteiger partial charge in [-0.1, -0.05) is 18.2 Å². The van der Waals surface area contributed by atoms with Crippen LogP contribution >= 0.6 is 0 Å². The lowest BCUT2D eigenvalue weighted by Crippen LogP contribution is -2.43. The second kappa shape index (κ2) is 7.59. The van der Waals surface area contributed by atoms with Crippen molar-refractivity contribution in [3.8, 4) is 0 Å². The SMILES string of the molecule is CCN(C[C@H](C(=O)O)[C@H](O)CF)C(=O)c1ccccc1. The normalized spacial score (nSPS) is 13.6. The molecule has 1 aromatic rings. The van der Waals surface area contributed by atoms with Crippen molar-refractivity contribution in [2.75, 3.05) is 19.8 Å².